The van der Waals surface area contributed by atoms with Crippen LogP contribution >= 0.6 is 0 Å². The fraction of sp³-hybridized carbons (Fsp3) is 0.333. The van der Waals surface area contributed by atoms with Crippen LogP contribution in [0.15, 0.2) is 36.4 Å². The summed E-state index contributed by atoms with van der Waals surface area (Å²) < 4.78 is 0. The number of phenols is 2. The van der Waals surface area contributed by atoms with E-state index in [2.05, 4.69) is 17.1 Å². The minimum absolute atomic E-state index is 0.0781. The molecule has 6 heteroatoms. The molecule has 2 aromatic rings. The first-order chi connectivity index (χ1) is 13.0. The number of anilines is 1. The average Bonchev–Trinajstić information content (AvgIpc) is 2.96. The first kappa shape index (κ1) is 18.9. The molecule has 0 bridgehead atoms. The molecule has 0 spiro atoms. The van der Waals surface area contributed by atoms with Crippen LogP contribution in [-0.4, -0.2) is 46.4 Å². The highest BCUT2D eigenvalue weighted by Gasteiger charge is 2.32. The average molecular weight is 368 g/mol. The van der Waals surface area contributed by atoms with Gasteiger partial charge in [-0.1, -0.05) is 25.1 Å². The van der Waals surface area contributed by atoms with Crippen LogP contribution in [0.2, 0.25) is 0 Å². The summed E-state index contributed by atoms with van der Waals surface area (Å²) in [6.07, 6.45) is 2.51. The topological polar surface area (TPSA) is 89.9 Å². The van der Waals surface area contributed by atoms with Crippen LogP contribution in [0.1, 0.15) is 34.8 Å². The van der Waals surface area contributed by atoms with E-state index in [1.807, 2.05) is 12.1 Å². The summed E-state index contributed by atoms with van der Waals surface area (Å²) in [5.74, 6) is -1.09. The second-order valence-corrected chi connectivity index (χ2v) is 6.79. The Hall–Kier alpha value is -2.86. The third kappa shape index (κ3) is 4.28. The molecule has 2 aromatic carbocycles. The number of Topliss-reactive ketones (excluding diaryl/α,β-unsaturated/α-hetero) is 1. The molecule has 0 saturated heterocycles. The van der Waals surface area contributed by atoms with Gasteiger partial charge in [-0.3, -0.25) is 9.59 Å². The molecule has 0 saturated carbocycles. The molecule has 142 valence electrons. The molecular formula is C21H24N2O4. The molecular weight excluding hydrogens is 344 g/mol. The van der Waals surface area contributed by atoms with E-state index < -0.39 is 11.7 Å². The minimum Gasteiger partial charge on any atom is -0.508 e. The van der Waals surface area contributed by atoms with Crippen LogP contribution in [0.4, 0.5) is 5.69 Å². The normalized spacial score (nSPS) is 13.1. The predicted molar refractivity (Wildman–Crippen MR) is 103 cm³/mol. The Morgan fingerprint density at radius 2 is 1.63 bits per heavy atom. The molecule has 0 fully saturated rings. The van der Waals surface area contributed by atoms with Crippen molar-refractivity contribution < 1.29 is 19.8 Å². The molecule has 0 atom stereocenters. The third-order valence-electron chi connectivity index (χ3n) is 4.83. The van der Waals surface area contributed by atoms with Gasteiger partial charge in [-0.25, -0.2) is 0 Å². The Morgan fingerprint density at radius 3 is 2.33 bits per heavy atom. The summed E-state index contributed by atoms with van der Waals surface area (Å²) in [5, 5.41) is 21.7. The van der Waals surface area contributed by atoms with Crippen molar-refractivity contribution in [2.24, 2.45) is 0 Å². The number of hydrogen-bond donors (Lipinski definition) is 3. The zero-order valence-electron chi connectivity index (χ0n) is 15.4. The molecule has 0 aromatic heterocycles. The summed E-state index contributed by atoms with van der Waals surface area (Å²) in [4.78, 5) is 26.1. The van der Waals surface area contributed by atoms with Crippen molar-refractivity contribution in [3.05, 3.63) is 53.1 Å². The quantitative estimate of drug-likeness (QED) is 0.492. The Morgan fingerprint density at radius 1 is 0.926 bits per heavy atom. The van der Waals surface area contributed by atoms with Crippen LogP contribution in [0.5, 0.6) is 11.5 Å². The molecule has 1 aliphatic rings. The number of nitrogens with zero attached hydrogens (tertiary/aromatic N) is 1. The number of amides is 1. The van der Waals surface area contributed by atoms with Gasteiger partial charge in [0.1, 0.15) is 11.5 Å². The van der Waals surface area contributed by atoms with Crippen LogP contribution in [0.3, 0.4) is 0 Å². The smallest absolute Gasteiger partial charge is 0.296 e. The van der Waals surface area contributed by atoms with Crippen molar-refractivity contribution >= 4 is 17.4 Å². The summed E-state index contributed by atoms with van der Waals surface area (Å²) in [6.45, 7) is 4.68. The van der Waals surface area contributed by atoms with E-state index in [0.717, 1.165) is 43.6 Å². The first-order valence-electron chi connectivity index (χ1n) is 9.20. The zero-order chi connectivity index (χ0) is 19.4. The van der Waals surface area contributed by atoms with Gasteiger partial charge in [-0.2, -0.15) is 0 Å². The fourth-order valence-corrected chi connectivity index (χ4v) is 3.39. The number of fused-ring (bicyclic) bond motifs is 1. The van der Waals surface area contributed by atoms with E-state index >= 15 is 0 Å². The number of aromatic hydroxyl groups is 2. The van der Waals surface area contributed by atoms with Gasteiger partial charge in [0.25, 0.3) is 11.7 Å². The number of carbonyl (C=O) groups is 2. The maximum Gasteiger partial charge on any atom is 0.296 e. The van der Waals surface area contributed by atoms with Crippen molar-refractivity contribution in [2.75, 3.05) is 25.0 Å². The van der Waals surface area contributed by atoms with Gasteiger partial charge in [0.05, 0.1) is 11.3 Å². The lowest BCUT2D eigenvalue weighted by atomic mass is 10.00. The maximum atomic E-state index is 12.1. The zero-order valence-corrected chi connectivity index (χ0v) is 15.4. The van der Waals surface area contributed by atoms with E-state index in [-0.39, 0.29) is 17.2 Å². The lowest BCUT2D eigenvalue weighted by molar-refractivity contribution is -0.112. The second-order valence-electron chi connectivity index (χ2n) is 6.79. The largest absolute Gasteiger partial charge is 0.508 e. The molecule has 3 rings (SSSR count). The Balaban J connectivity index is 1.66. The molecule has 0 radical (unpaired) electrons. The van der Waals surface area contributed by atoms with Crippen LogP contribution in [0.25, 0.3) is 0 Å². The first-order valence-corrected chi connectivity index (χ1v) is 9.20. The van der Waals surface area contributed by atoms with E-state index in [4.69, 9.17) is 0 Å². The minimum atomic E-state index is -0.689. The number of nitrogens with one attached hydrogen (secondary N) is 1. The summed E-state index contributed by atoms with van der Waals surface area (Å²) >= 11 is 0. The Bertz CT molecular complexity index is 846. The molecule has 1 amide bonds. The molecule has 0 aliphatic carbocycles. The molecule has 3 N–H and O–H groups in total. The fourth-order valence-electron chi connectivity index (χ4n) is 3.39. The lowest BCUT2D eigenvalue weighted by Gasteiger charge is -2.22. The molecule has 27 heavy (non-hydrogen) atoms. The highest BCUT2D eigenvalue weighted by atomic mass is 16.3. The van der Waals surface area contributed by atoms with Gasteiger partial charge in [0.2, 0.25) is 0 Å². The number of phenolic OH excluding ortho intramolecular Hbond substituents is 2. The molecule has 0 unspecified atom stereocenters. The van der Waals surface area contributed by atoms with Crippen molar-refractivity contribution in [3.8, 4) is 11.5 Å². The van der Waals surface area contributed by atoms with E-state index in [1.165, 1.54) is 6.07 Å². The molecule has 1 aliphatic heterocycles. The maximum absolute atomic E-state index is 12.1. The highest BCUT2D eigenvalue weighted by Crippen LogP contribution is 2.35. The van der Waals surface area contributed by atoms with E-state index in [9.17, 15) is 19.8 Å². The van der Waals surface area contributed by atoms with Gasteiger partial charge in [-0.05, 0) is 55.1 Å². The Labute approximate surface area is 158 Å². The van der Waals surface area contributed by atoms with Crippen molar-refractivity contribution in [3.63, 3.8) is 0 Å². The highest BCUT2D eigenvalue weighted by molar-refractivity contribution is 6.52. The number of carbonyl (C=O) groups excluding carboxylic acids is 2. The van der Waals surface area contributed by atoms with E-state index in [0.29, 0.717) is 12.0 Å². The van der Waals surface area contributed by atoms with Crippen LogP contribution in [0, 0.1) is 0 Å². The monoisotopic (exact) mass is 368 g/mol. The van der Waals surface area contributed by atoms with Gasteiger partial charge >= 0.3 is 0 Å². The van der Waals surface area contributed by atoms with Crippen molar-refractivity contribution in [1.29, 1.82) is 0 Å². The summed E-state index contributed by atoms with van der Waals surface area (Å²) in [7, 11) is 0. The van der Waals surface area contributed by atoms with E-state index in [1.54, 1.807) is 18.2 Å². The SMILES string of the molecule is CCCN(CCc1ccc(O)cc1)CCc1ccc(O)c2c1C(=O)C(=O)N2. The van der Waals surface area contributed by atoms with Gasteiger partial charge in [0, 0.05) is 13.1 Å². The predicted octanol–water partition coefficient (Wildman–Crippen LogP) is 2.73. The van der Waals surface area contributed by atoms with Crippen molar-refractivity contribution in [1.82, 2.24) is 4.90 Å². The van der Waals surface area contributed by atoms with Crippen LogP contribution < -0.4 is 5.32 Å². The second kappa shape index (κ2) is 8.22. The lowest BCUT2D eigenvalue weighted by Crippen LogP contribution is -2.29. The number of benzene rings is 2. The summed E-state index contributed by atoms with van der Waals surface area (Å²) in [5.41, 5.74) is 2.46. The number of ketones is 1. The number of rotatable bonds is 8. The third-order valence-corrected chi connectivity index (χ3v) is 4.83. The number of hydrogen-bond acceptors (Lipinski definition) is 5. The molecule has 1 heterocycles. The standard InChI is InChI=1S/C21H24N2O4/c1-2-11-23(12-9-14-3-6-16(24)7-4-14)13-10-15-5-8-17(25)19-18(15)20(26)21(27)22-19/h3-8,24-25H,2,9-13H2,1H3,(H,22,26,27). The van der Waals surface area contributed by atoms with Gasteiger partial charge < -0.3 is 20.4 Å². The molecule has 6 nitrogen and oxygen atoms in total. The van der Waals surface area contributed by atoms with Gasteiger partial charge in [-0.15, -0.1) is 0 Å². The van der Waals surface area contributed by atoms with Crippen LogP contribution in [-0.2, 0) is 17.6 Å². The Kier molecular flexibility index (Phi) is 5.76. The van der Waals surface area contributed by atoms with Gasteiger partial charge in [0.15, 0.2) is 0 Å². The van der Waals surface area contributed by atoms with Crippen molar-refractivity contribution in [2.45, 2.75) is 26.2 Å². The summed E-state index contributed by atoms with van der Waals surface area (Å²) in [6, 6.07) is 10.5.